The van der Waals surface area contributed by atoms with Crippen molar-refractivity contribution >= 4 is 10.0 Å². The first-order valence-electron chi connectivity index (χ1n) is 5.64. The fourth-order valence-electron chi connectivity index (χ4n) is 0.974. The highest BCUT2D eigenvalue weighted by Crippen LogP contribution is 1.92. The normalized spacial score (nSPS) is 11.6. The van der Waals surface area contributed by atoms with Gasteiger partial charge in [-0.25, -0.2) is 0 Å². The average Bonchev–Trinajstić information content (AvgIpc) is 2.26. The van der Waals surface area contributed by atoms with Crippen LogP contribution in [0.15, 0.2) is 0 Å². The predicted octanol–water partition coefficient (Wildman–Crippen LogP) is 0.872. The Balaban J connectivity index is 2.81. The van der Waals surface area contributed by atoms with E-state index in [2.05, 4.69) is 6.92 Å². The molecule has 0 rings (SSSR count). The highest BCUT2D eigenvalue weighted by molar-refractivity contribution is 6.17. The summed E-state index contributed by atoms with van der Waals surface area (Å²) in [6.45, 7) is 5.95. The summed E-state index contributed by atoms with van der Waals surface area (Å²) < 4.78 is 20.9. The van der Waals surface area contributed by atoms with E-state index in [0.717, 1.165) is 39.1 Å². The van der Waals surface area contributed by atoms with E-state index in [1.165, 1.54) is 0 Å². The van der Waals surface area contributed by atoms with Crippen molar-refractivity contribution in [2.24, 2.45) is 0 Å². The van der Waals surface area contributed by atoms with Crippen molar-refractivity contribution < 1.29 is 18.3 Å². The van der Waals surface area contributed by atoms with Crippen LogP contribution in [0, 0.1) is 0 Å². The zero-order chi connectivity index (χ0) is 11.2. The number of hydrogen-bond acceptors (Lipinski definition) is 4. The lowest BCUT2D eigenvalue weighted by atomic mass is 10.3. The molecule has 0 radical (unpaired) electrons. The van der Waals surface area contributed by atoms with E-state index in [0.29, 0.717) is 13.2 Å². The summed E-state index contributed by atoms with van der Waals surface area (Å²) in [5.41, 5.74) is 0. The fraction of sp³-hybridized carbons (Fsp3) is 1.00. The van der Waals surface area contributed by atoms with Crippen LogP contribution in [0.5, 0.6) is 0 Å². The molecule has 0 N–H and O–H groups in total. The molecule has 0 fully saturated rings. The minimum atomic E-state index is -0.774. The third-order valence-corrected chi connectivity index (χ3v) is 2.68. The van der Waals surface area contributed by atoms with Gasteiger partial charge in [-0.15, -0.1) is 0 Å². The van der Waals surface area contributed by atoms with Crippen LogP contribution in [0.4, 0.5) is 0 Å². The maximum atomic E-state index is 5.39. The standard InChI is InChI=1S/C10H24O4Si/c1-3-6-12-7-4-5-8-13-15-14-10-9-11-2/h3-10,15H2,1-2H3. The van der Waals surface area contributed by atoms with Gasteiger partial charge < -0.3 is 18.3 Å². The number of hydrogen-bond donors (Lipinski definition) is 0. The van der Waals surface area contributed by atoms with Crippen molar-refractivity contribution in [1.82, 2.24) is 0 Å². The molecule has 0 bridgehead atoms. The summed E-state index contributed by atoms with van der Waals surface area (Å²) in [6.07, 6.45) is 3.23. The van der Waals surface area contributed by atoms with Crippen LogP contribution >= 0.6 is 0 Å². The zero-order valence-electron chi connectivity index (χ0n) is 10.00. The van der Waals surface area contributed by atoms with Crippen molar-refractivity contribution in [3.8, 4) is 0 Å². The van der Waals surface area contributed by atoms with Crippen molar-refractivity contribution in [1.29, 1.82) is 0 Å². The lowest BCUT2D eigenvalue weighted by Gasteiger charge is -2.05. The quantitative estimate of drug-likeness (QED) is 0.372. The Labute approximate surface area is 95.3 Å². The molecule has 92 valence electrons. The van der Waals surface area contributed by atoms with Crippen molar-refractivity contribution in [2.45, 2.75) is 26.2 Å². The first-order chi connectivity index (χ1) is 7.41. The Morgan fingerprint density at radius 2 is 1.60 bits per heavy atom. The van der Waals surface area contributed by atoms with Gasteiger partial charge in [-0.2, -0.15) is 0 Å². The molecule has 4 nitrogen and oxygen atoms in total. The minimum Gasteiger partial charge on any atom is -0.399 e. The molecule has 0 aromatic carbocycles. The molecule has 0 aliphatic rings. The summed E-state index contributed by atoms with van der Waals surface area (Å²) in [5.74, 6) is 0. The first kappa shape index (κ1) is 15.1. The summed E-state index contributed by atoms with van der Waals surface area (Å²) in [4.78, 5) is 0. The third kappa shape index (κ3) is 14.1. The van der Waals surface area contributed by atoms with Crippen molar-refractivity contribution in [2.75, 3.05) is 40.1 Å². The highest BCUT2D eigenvalue weighted by atomic mass is 28.3. The summed E-state index contributed by atoms with van der Waals surface area (Å²) >= 11 is 0. The van der Waals surface area contributed by atoms with Gasteiger partial charge in [0.25, 0.3) is 0 Å². The fourth-order valence-corrected chi connectivity index (χ4v) is 1.65. The molecule has 0 heterocycles. The number of rotatable bonds is 12. The Hall–Kier alpha value is 0.0569. The Morgan fingerprint density at radius 3 is 2.33 bits per heavy atom. The maximum Gasteiger partial charge on any atom is 0.304 e. The van der Waals surface area contributed by atoms with E-state index in [-0.39, 0.29) is 0 Å². The monoisotopic (exact) mass is 236 g/mol. The molecule has 0 amide bonds. The lowest BCUT2D eigenvalue weighted by Crippen LogP contribution is -2.10. The second-order valence-corrected chi connectivity index (χ2v) is 4.30. The SMILES string of the molecule is CCCOCCCCO[SiH2]OCCOC. The van der Waals surface area contributed by atoms with E-state index >= 15 is 0 Å². The predicted molar refractivity (Wildman–Crippen MR) is 62.7 cm³/mol. The molecule has 0 saturated heterocycles. The van der Waals surface area contributed by atoms with Crippen LogP contribution in [-0.4, -0.2) is 50.2 Å². The second kappa shape index (κ2) is 14.1. The van der Waals surface area contributed by atoms with Crippen LogP contribution in [-0.2, 0) is 18.3 Å². The van der Waals surface area contributed by atoms with E-state index in [4.69, 9.17) is 18.3 Å². The smallest absolute Gasteiger partial charge is 0.304 e. The van der Waals surface area contributed by atoms with Gasteiger partial charge in [-0.1, -0.05) is 6.92 Å². The molecule has 0 saturated carbocycles. The Morgan fingerprint density at radius 1 is 0.867 bits per heavy atom. The Kier molecular flexibility index (Phi) is 14.1. The van der Waals surface area contributed by atoms with Crippen LogP contribution < -0.4 is 0 Å². The molecule has 0 aromatic heterocycles. The second-order valence-electron chi connectivity index (χ2n) is 3.25. The number of methoxy groups -OCH3 is 1. The summed E-state index contributed by atoms with van der Waals surface area (Å²) in [7, 11) is 0.895. The van der Waals surface area contributed by atoms with Gasteiger partial charge in [0.05, 0.1) is 13.2 Å². The average molecular weight is 236 g/mol. The topological polar surface area (TPSA) is 36.9 Å². The molecule has 0 spiro atoms. The number of ether oxygens (including phenoxy) is 2. The van der Waals surface area contributed by atoms with Crippen LogP contribution in [0.3, 0.4) is 0 Å². The molecule has 0 atom stereocenters. The lowest BCUT2D eigenvalue weighted by molar-refractivity contribution is 0.119. The minimum absolute atomic E-state index is 0.654. The molecular formula is C10H24O4Si. The number of unbranched alkanes of at least 4 members (excludes halogenated alkanes) is 1. The molecule has 15 heavy (non-hydrogen) atoms. The van der Waals surface area contributed by atoms with Crippen molar-refractivity contribution in [3.63, 3.8) is 0 Å². The van der Waals surface area contributed by atoms with Gasteiger partial charge in [0, 0.05) is 26.9 Å². The van der Waals surface area contributed by atoms with Gasteiger partial charge in [-0.3, -0.25) is 0 Å². The van der Waals surface area contributed by atoms with Gasteiger partial charge in [-0.05, 0) is 19.3 Å². The molecule has 0 aromatic rings. The van der Waals surface area contributed by atoms with Crippen LogP contribution in [0.25, 0.3) is 0 Å². The van der Waals surface area contributed by atoms with Gasteiger partial charge in [0.1, 0.15) is 0 Å². The van der Waals surface area contributed by atoms with E-state index in [1.807, 2.05) is 0 Å². The maximum absolute atomic E-state index is 5.39. The molecule has 0 unspecified atom stereocenters. The molecule has 0 aliphatic carbocycles. The van der Waals surface area contributed by atoms with Gasteiger partial charge >= 0.3 is 10.0 Å². The third-order valence-electron chi connectivity index (χ3n) is 1.77. The van der Waals surface area contributed by atoms with E-state index in [9.17, 15) is 0 Å². The Bertz CT molecular complexity index is 102. The van der Waals surface area contributed by atoms with E-state index < -0.39 is 10.0 Å². The summed E-state index contributed by atoms with van der Waals surface area (Å²) in [6, 6.07) is 0. The molecular weight excluding hydrogens is 212 g/mol. The van der Waals surface area contributed by atoms with Crippen molar-refractivity contribution in [3.05, 3.63) is 0 Å². The van der Waals surface area contributed by atoms with Gasteiger partial charge in [0.2, 0.25) is 0 Å². The molecule has 5 heteroatoms. The molecule has 0 aliphatic heterocycles. The first-order valence-corrected chi connectivity index (χ1v) is 6.79. The van der Waals surface area contributed by atoms with Crippen LogP contribution in [0.2, 0.25) is 0 Å². The highest BCUT2D eigenvalue weighted by Gasteiger charge is 1.92. The largest absolute Gasteiger partial charge is 0.399 e. The summed E-state index contributed by atoms with van der Waals surface area (Å²) in [5, 5.41) is 0. The zero-order valence-corrected chi connectivity index (χ0v) is 11.4. The van der Waals surface area contributed by atoms with Gasteiger partial charge in [0.15, 0.2) is 0 Å². The van der Waals surface area contributed by atoms with E-state index in [1.54, 1.807) is 7.11 Å². The van der Waals surface area contributed by atoms with Crippen LogP contribution in [0.1, 0.15) is 26.2 Å².